The molecule has 10 heteroatoms. The van der Waals surface area contributed by atoms with Gasteiger partial charge in [-0.05, 0) is 19.8 Å². The Bertz CT molecular complexity index is 804. The van der Waals surface area contributed by atoms with Crippen LogP contribution in [0.15, 0.2) is 12.4 Å². The lowest BCUT2D eigenvalue weighted by molar-refractivity contribution is -0.138. The highest BCUT2D eigenvalue weighted by Gasteiger charge is 2.35. The van der Waals surface area contributed by atoms with Crippen LogP contribution in [0.4, 0.5) is 23.8 Å². The van der Waals surface area contributed by atoms with E-state index in [-0.39, 0.29) is 12.2 Å². The van der Waals surface area contributed by atoms with E-state index in [9.17, 15) is 18.0 Å². The van der Waals surface area contributed by atoms with Crippen molar-refractivity contribution < 1.29 is 18.0 Å². The molecule has 0 spiro atoms. The van der Waals surface area contributed by atoms with Gasteiger partial charge < -0.3 is 5.32 Å². The van der Waals surface area contributed by atoms with Crippen molar-refractivity contribution in [2.24, 2.45) is 7.05 Å². The van der Waals surface area contributed by atoms with Gasteiger partial charge in [-0.15, -0.1) is 0 Å². The standard InChI is InChI=1S/C17H23F3N6O/c1-11-10-26(12-6-4-3-5-7-12)24-15(11)23-16(27)21-9-14-13(17(18,19)20)8-22-25(14)2/h8,10,12H,3-7,9H2,1-2H3,(H2,21,23,24,27). The van der Waals surface area contributed by atoms with Crippen molar-refractivity contribution in [1.82, 2.24) is 24.9 Å². The minimum absolute atomic E-state index is 0.109. The predicted octanol–water partition coefficient (Wildman–Crippen LogP) is 3.77. The second-order valence-electron chi connectivity index (χ2n) is 6.87. The van der Waals surface area contributed by atoms with Crippen molar-refractivity contribution in [3.63, 3.8) is 0 Å². The van der Waals surface area contributed by atoms with Gasteiger partial charge in [0.15, 0.2) is 5.82 Å². The molecule has 0 aliphatic heterocycles. The van der Waals surface area contributed by atoms with Gasteiger partial charge in [-0.25, -0.2) is 4.79 Å². The fourth-order valence-corrected chi connectivity index (χ4v) is 3.36. The number of rotatable bonds is 4. The molecule has 1 aliphatic rings. The summed E-state index contributed by atoms with van der Waals surface area (Å²) in [6.07, 6.45) is 3.83. The Morgan fingerprint density at radius 1 is 1.30 bits per heavy atom. The Balaban J connectivity index is 1.62. The summed E-state index contributed by atoms with van der Waals surface area (Å²) >= 11 is 0. The molecule has 0 aromatic carbocycles. The molecule has 0 saturated heterocycles. The number of halogens is 3. The summed E-state index contributed by atoms with van der Waals surface area (Å²) < 4.78 is 41.9. The molecular weight excluding hydrogens is 361 g/mol. The lowest BCUT2D eigenvalue weighted by Gasteiger charge is -2.21. The smallest absolute Gasteiger partial charge is 0.332 e. The van der Waals surface area contributed by atoms with Crippen molar-refractivity contribution in [3.05, 3.63) is 29.2 Å². The fraction of sp³-hybridized carbons (Fsp3) is 0.588. The summed E-state index contributed by atoms with van der Waals surface area (Å²) in [5, 5.41) is 13.1. The summed E-state index contributed by atoms with van der Waals surface area (Å²) in [6.45, 7) is 1.55. The van der Waals surface area contributed by atoms with E-state index in [4.69, 9.17) is 0 Å². The zero-order chi connectivity index (χ0) is 19.6. The van der Waals surface area contributed by atoms with Crippen LogP contribution < -0.4 is 10.6 Å². The van der Waals surface area contributed by atoms with E-state index in [1.807, 2.05) is 17.8 Å². The fourth-order valence-electron chi connectivity index (χ4n) is 3.36. The average molecular weight is 384 g/mol. The van der Waals surface area contributed by atoms with Gasteiger partial charge in [0.2, 0.25) is 0 Å². The van der Waals surface area contributed by atoms with Gasteiger partial charge >= 0.3 is 12.2 Å². The van der Waals surface area contributed by atoms with Crippen LogP contribution in [0.3, 0.4) is 0 Å². The van der Waals surface area contributed by atoms with Crippen LogP contribution in [-0.4, -0.2) is 25.6 Å². The Kier molecular flexibility index (Phi) is 5.43. The number of aromatic nitrogens is 4. The molecule has 2 N–H and O–H groups in total. The first kappa shape index (κ1) is 19.2. The summed E-state index contributed by atoms with van der Waals surface area (Å²) in [7, 11) is 1.40. The zero-order valence-corrected chi connectivity index (χ0v) is 15.3. The summed E-state index contributed by atoms with van der Waals surface area (Å²) in [4.78, 5) is 12.1. The maximum absolute atomic E-state index is 13.0. The Morgan fingerprint density at radius 3 is 2.67 bits per heavy atom. The Hall–Kier alpha value is -2.52. The summed E-state index contributed by atoms with van der Waals surface area (Å²) in [5.41, 5.74) is -0.155. The molecule has 1 fully saturated rings. The number of nitrogens with zero attached hydrogens (tertiary/aromatic N) is 4. The van der Waals surface area contributed by atoms with Crippen LogP contribution in [-0.2, 0) is 19.8 Å². The van der Waals surface area contributed by atoms with Crippen LogP contribution in [0.1, 0.15) is 55.0 Å². The Morgan fingerprint density at radius 2 is 2.00 bits per heavy atom. The molecule has 0 unspecified atom stereocenters. The number of alkyl halides is 3. The second-order valence-corrected chi connectivity index (χ2v) is 6.87. The van der Waals surface area contributed by atoms with Crippen molar-refractivity contribution in [3.8, 4) is 0 Å². The molecule has 1 saturated carbocycles. The van der Waals surface area contributed by atoms with Gasteiger partial charge in [-0.2, -0.15) is 23.4 Å². The molecule has 2 amide bonds. The quantitative estimate of drug-likeness (QED) is 0.842. The molecule has 2 aromatic rings. The average Bonchev–Trinajstić information content (AvgIpc) is 3.17. The number of hydrogen-bond donors (Lipinski definition) is 2. The van der Waals surface area contributed by atoms with Gasteiger partial charge in [0.1, 0.15) is 0 Å². The summed E-state index contributed by atoms with van der Waals surface area (Å²) in [6, 6.07) is -0.277. The molecule has 0 atom stereocenters. The third-order valence-electron chi connectivity index (χ3n) is 4.88. The molecule has 2 heterocycles. The second kappa shape index (κ2) is 7.61. The maximum atomic E-state index is 13.0. The van der Waals surface area contributed by atoms with Crippen molar-refractivity contribution >= 4 is 11.8 Å². The molecular formula is C17H23F3N6O. The highest BCUT2D eigenvalue weighted by Crippen LogP contribution is 2.31. The molecule has 0 bridgehead atoms. The number of aryl methyl sites for hydroxylation is 2. The first-order valence-corrected chi connectivity index (χ1v) is 8.94. The molecule has 0 radical (unpaired) electrons. The van der Waals surface area contributed by atoms with Gasteiger partial charge in [0.05, 0.1) is 30.0 Å². The van der Waals surface area contributed by atoms with E-state index in [2.05, 4.69) is 20.8 Å². The van der Waals surface area contributed by atoms with E-state index in [0.29, 0.717) is 11.9 Å². The van der Waals surface area contributed by atoms with E-state index in [0.717, 1.165) is 29.3 Å². The van der Waals surface area contributed by atoms with Crippen LogP contribution in [0.5, 0.6) is 0 Å². The van der Waals surface area contributed by atoms with Crippen LogP contribution in [0.25, 0.3) is 0 Å². The highest BCUT2D eigenvalue weighted by atomic mass is 19.4. The largest absolute Gasteiger partial charge is 0.419 e. The van der Waals surface area contributed by atoms with Crippen LogP contribution >= 0.6 is 0 Å². The minimum Gasteiger partial charge on any atom is -0.332 e. The summed E-state index contributed by atoms with van der Waals surface area (Å²) in [5.74, 6) is 0.416. The molecule has 27 heavy (non-hydrogen) atoms. The van der Waals surface area contributed by atoms with Crippen molar-refractivity contribution in [2.45, 2.75) is 57.8 Å². The van der Waals surface area contributed by atoms with Gasteiger partial charge in [-0.1, -0.05) is 19.3 Å². The molecule has 3 rings (SSSR count). The maximum Gasteiger partial charge on any atom is 0.419 e. The number of carbonyl (C=O) groups excluding carboxylic acids is 1. The lowest BCUT2D eigenvalue weighted by Crippen LogP contribution is -2.30. The Labute approximate surface area is 154 Å². The first-order chi connectivity index (χ1) is 12.8. The number of amides is 2. The van der Waals surface area contributed by atoms with E-state index >= 15 is 0 Å². The van der Waals surface area contributed by atoms with Gasteiger partial charge in [-0.3, -0.25) is 14.7 Å². The molecule has 1 aliphatic carbocycles. The first-order valence-electron chi connectivity index (χ1n) is 8.94. The van der Waals surface area contributed by atoms with E-state index in [1.165, 1.54) is 26.3 Å². The van der Waals surface area contributed by atoms with Crippen molar-refractivity contribution in [2.75, 3.05) is 5.32 Å². The number of anilines is 1. The van der Waals surface area contributed by atoms with E-state index < -0.39 is 17.8 Å². The van der Waals surface area contributed by atoms with Gasteiger partial charge in [0.25, 0.3) is 0 Å². The van der Waals surface area contributed by atoms with Crippen LogP contribution in [0, 0.1) is 6.92 Å². The zero-order valence-electron chi connectivity index (χ0n) is 15.3. The third-order valence-corrected chi connectivity index (χ3v) is 4.88. The normalized spacial score (nSPS) is 15.7. The lowest BCUT2D eigenvalue weighted by atomic mass is 9.96. The van der Waals surface area contributed by atoms with Gasteiger partial charge in [0, 0.05) is 18.8 Å². The topological polar surface area (TPSA) is 76.8 Å². The molecule has 2 aromatic heterocycles. The highest BCUT2D eigenvalue weighted by molar-refractivity contribution is 5.88. The number of hydrogen-bond acceptors (Lipinski definition) is 3. The number of carbonyl (C=O) groups is 1. The van der Waals surface area contributed by atoms with Crippen LogP contribution in [0.2, 0.25) is 0 Å². The minimum atomic E-state index is -4.52. The predicted molar refractivity (Wildman–Crippen MR) is 93.2 cm³/mol. The number of urea groups is 1. The monoisotopic (exact) mass is 384 g/mol. The molecule has 7 nitrogen and oxygen atoms in total. The third kappa shape index (κ3) is 4.42. The van der Waals surface area contributed by atoms with E-state index in [1.54, 1.807) is 0 Å². The molecule has 148 valence electrons. The SMILES string of the molecule is Cc1cn(C2CCCCC2)nc1NC(=O)NCc1c(C(F)(F)F)cnn1C. The van der Waals surface area contributed by atoms with Crippen molar-refractivity contribution in [1.29, 1.82) is 0 Å². The number of nitrogens with one attached hydrogen (secondary N) is 2.